The van der Waals surface area contributed by atoms with Crippen LogP contribution < -0.4 is 5.73 Å². The minimum Gasteiger partial charge on any atom is -0.370 e. The van der Waals surface area contributed by atoms with E-state index < -0.39 is 9.84 Å². The predicted octanol–water partition coefficient (Wildman–Crippen LogP) is 1.07. The van der Waals surface area contributed by atoms with Crippen LogP contribution in [0.3, 0.4) is 0 Å². The lowest BCUT2D eigenvalue weighted by atomic mass is 9.98. The van der Waals surface area contributed by atoms with Gasteiger partial charge in [0.15, 0.2) is 9.84 Å². The number of rotatable bonds is 4. The van der Waals surface area contributed by atoms with Gasteiger partial charge in [-0.3, -0.25) is 4.79 Å². The Hall–Kier alpha value is -1.36. The van der Waals surface area contributed by atoms with Crippen LogP contribution in [-0.2, 0) is 14.6 Å². The molecule has 0 unspecified atom stereocenters. The average molecular weight is 241 g/mol. The van der Waals surface area contributed by atoms with Crippen molar-refractivity contribution in [2.24, 2.45) is 5.73 Å². The maximum absolute atomic E-state index is 11.2. The number of amides is 1. The topological polar surface area (TPSA) is 77.2 Å². The highest BCUT2D eigenvalue weighted by atomic mass is 32.2. The van der Waals surface area contributed by atoms with Crippen LogP contribution in [-0.4, -0.2) is 20.6 Å². The number of hydrogen-bond donors (Lipinski definition) is 1. The van der Waals surface area contributed by atoms with Crippen molar-refractivity contribution in [3.8, 4) is 0 Å². The second-order valence-electron chi connectivity index (χ2n) is 3.91. The highest BCUT2D eigenvalue weighted by Crippen LogP contribution is 2.20. The maximum Gasteiger partial charge on any atom is 0.218 e. The number of carbonyl (C=O) groups excluding carboxylic acids is 1. The Balaban J connectivity index is 2.91. The molecule has 0 bridgehead atoms. The van der Waals surface area contributed by atoms with Crippen molar-refractivity contribution in [2.75, 3.05) is 6.26 Å². The first-order chi connectivity index (χ1) is 7.30. The SMILES string of the molecule is C[C@H](CC(N)=O)c1ccc(S(C)(=O)=O)cc1. The van der Waals surface area contributed by atoms with Crippen LogP contribution in [0.25, 0.3) is 0 Å². The number of nitrogens with two attached hydrogens (primary N) is 1. The van der Waals surface area contributed by atoms with Crippen LogP contribution in [0.5, 0.6) is 0 Å². The molecule has 0 saturated heterocycles. The third-order valence-electron chi connectivity index (χ3n) is 2.38. The summed E-state index contributed by atoms with van der Waals surface area (Å²) in [5.74, 6) is -0.356. The molecule has 0 fully saturated rings. The Morgan fingerprint density at radius 3 is 2.19 bits per heavy atom. The minimum absolute atomic E-state index is 0.00566. The molecule has 0 saturated carbocycles. The molecule has 88 valence electrons. The monoisotopic (exact) mass is 241 g/mol. The molecule has 0 aliphatic heterocycles. The Kier molecular flexibility index (Phi) is 3.70. The number of carbonyl (C=O) groups is 1. The van der Waals surface area contributed by atoms with Gasteiger partial charge >= 0.3 is 0 Å². The first-order valence-electron chi connectivity index (χ1n) is 4.89. The Bertz CT molecular complexity index is 476. The van der Waals surface area contributed by atoms with Crippen molar-refractivity contribution in [1.82, 2.24) is 0 Å². The van der Waals surface area contributed by atoms with Gasteiger partial charge in [-0.25, -0.2) is 8.42 Å². The highest BCUT2D eigenvalue weighted by molar-refractivity contribution is 7.90. The summed E-state index contributed by atoms with van der Waals surface area (Å²) in [5.41, 5.74) is 6.00. The van der Waals surface area contributed by atoms with E-state index in [1.807, 2.05) is 6.92 Å². The number of primary amides is 1. The average Bonchev–Trinajstić information content (AvgIpc) is 2.15. The summed E-state index contributed by atoms with van der Waals surface area (Å²) in [5, 5.41) is 0. The van der Waals surface area contributed by atoms with Crippen molar-refractivity contribution in [1.29, 1.82) is 0 Å². The molecule has 5 heteroatoms. The van der Waals surface area contributed by atoms with Crippen LogP contribution >= 0.6 is 0 Å². The Morgan fingerprint density at radius 1 is 1.31 bits per heavy atom. The predicted molar refractivity (Wildman–Crippen MR) is 61.8 cm³/mol. The van der Waals surface area contributed by atoms with Gasteiger partial charge in [0.25, 0.3) is 0 Å². The van der Waals surface area contributed by atoms with E-state index in [4.69, 9.17) is 5.73 Å². The molecular weight excluding hydrogens is 226 g/mol. The third-order valence-corrected chi connectivity index (χ3v) is 3.51. The Labute approximate surface area is 95.4 Å². The highest BCUT2D eigenvalue weighted by Gasteiger charge is 2.11. The van der Waals surface area contributed by atoms with E-state index in [-0.39, 0.29) is 23.1 Å². The second-order valence-corrected chi connectivity index (χ2v) is 5.93. The van der Waals surface area contributed by atoms with Gasteiger partial charge in [0.2, 0.25) is 5.91 Å². The van der Waals surface area contributed by atoms with Gasteiger partial charge in [0, 0.05) is 12.7 Å². The van der Waals surface area contributed by atoms with Gasteiger partial charge in [-0.1, -0.05) is 19.1 Å². The summed E-state index contributed by atoms with van der Waals surface area (Å²) in [7, 11) is -3.16. The quantitative estimate of drug-likeness (QED) is 0.856. The van der Waals surface area contributed by atoms with Gasteiger partial charge in [-0.15, -0.1) is 0 Å². The molecule has 2 N–H and O–H groups in total. The van der Waals surface area contributed by atoms with Crippen molar-refractivity contribution < 1.29 is 13.2 Å². The van der Waals surface area contributed by atoms with E-state index in [0.29, 0.717) is 0 Å². The van der Waals surface area contributed by atoms with E-state index in [1.54, 1.807) is 24.3 Å². The normalized spacial score (nSPS) is 13.4. The first-order valence-corrected chi connectivity index (χ1v) is 6.78. The van der Waals surface area contributed by atoms with E-state index >= 15 is 0 Å². The molecule has 0 radical (unpaired) electrons. The fourth-order valence-electron chi connectivity index (χ4n) is 1.46. The lowest BCUT2D eigenvalue weighted by Gasteiger charge is -2.09. The molecule has 1 aromatic carbocycles. The van der Waals surface area contributed by atoms with Crippen LogP contribution in [0.15, 0.2) is 29.2 Å². The summed E-state index contributed by atoms with van der Waals surface area (Å²) in [4.78, 5) is 11.0. The lowest BCUT2D eigenvalue weighted by molar-refractivity contribution is -0.118. The minimum atomic E-state index is -3.16. The standard InChI is InChI=1S/C11H15NO3S/c1-8(7-11(12)13)9-3-5-10(6-4-9)16(2,14)15/h3-6,8H,7H2,1-2H3,(H2,12,13)/t8-/m1/s1. The summed E-state index contributed by atoms with van der Waals surface area (Å²) >= 11 is 0. The van der Waals surface area contributed by atoms with Gasteiger partial charge in [0.1, 0.15) is 0 Å². The van der Waals surface area contributed by atoms with Crippen LogP contribution in [0.4, 0.5) is 0 Å². The third kappa shape index (κ3) is 3.34. The van der Waals surface area contributed by atoms with Crippen molar-refractivity contribution in [2.45, 2.75) is 24.2 Å². The molecular formula is C11H15NO3S. The van der Waals surface area contributed by atoms with E-state index in [0.717, 1.165) is 11.8 Å². The summed E-state index contributed by atoms with van der Waals surface area (Å²) < 4.78 is 22.4. The van der Waals surface area contributed by atoms with Crippen molar-refractivity contribution in [3.63, 3.8) is 0 Å². The van der Waals surface area contributed by atoms with E-state index in [1.165, 1.54) is 0 Å². The summed E-state index contributed by atoms with van der Waals surface area (Å²) in [6.07, 6.45) is 1.42. The van der Waals surface area contributed by atoms with Gasteiger partial charge in [-0.2, -0.15) is 0 Å². The first kappa shape index (κ1) is 12.7. The fraction of sp³-hybridized carbons (Fsp3) is 0.364. The molecule has 16 heavy (non-hydrogen) atoms. The van der Waals surface area contributed by atoms with E-state index in [2.05, 4.69) is 0 Å². The maximum atomic E-state index is 11.2. The molecule has 0 heterocycles. The van der Waals surface area contributed by atoms with Gasteiger partial charge in [0.05, 0.1) is 4.90 Å². The largest absolute Gasteiger partial charge is 0.370 e. The van der Waals surface area contributed by atoms with Gasteiger partial charge in [-0.05, 0) is 23.6 Å². The smallest absolute Gasteiger partial charge is 0.218 e. The fourth-order valence-corrected chi connectivity index (χ4v) is 2.09. The zero-order valence-corrected chi connectivity index (χ0v) is 10.1. The van der Waals surface area contributed by atoms with Gasteiger partial charge < -0.3 is 5.73 Å². The number of sulfone groups is 1. The zero-order valence-electron chi connectivity index (χ0n) is 9.30. The van der Waals surface area contributed by atoms with Crippen molar-refractivity contribution in [3.05, 3.63) is 29.8 Å². The van der Waals surface area contributed by atoms with E-state index in [9.17, 15) is 13.2 Å². The molecule has 0 aliphatic carbocycles. The zero-order chi connectivity index (χ0) is 12.3. The Morgan fingerprint density at radius 2 is 1.81 bits per heavy atom. The summed E-state index contributed by atoms with van der Waals surface area (Å²) in [6.45, 7) is 1.88. The molecule has 0 aromatic heterocycles. The van der Waals surface area contributed by atoms with Crippen molar-refractivity contribution >= 4 is 15.7 Å². The van der Waals surface area contributed by atoms with Crippen LogP contribution in [0.2, 0.25) is 0 Å². The second kappa shape index (κ2) is 4.65. The lowest BCUT2D eigenvalue weighted by Crippen LogP contribution is -2.13. The molecule has 1 amide bonds. The molecule has 1 rings (SSSR count). The molecule has 1 aromatic rings. The molecule has 1 atom stereocenters. The molecule has 0 spiro atoms. The van der Waals surface area contributed by atoms with Crippen LogP contribution in [0.1, 0.15) is 24.8 Å². The molecule has 4 nitrogen and oxygen atoms in total. The number of benzene rings is 1. The molecule has 0 aliphatic rings. The number of hydrogen-bond acceptors (Lipinski definition) is 3. The van der Waals surface area contributed by atoms with Crippen LogP contribution in [0, 0.1) is 0 Å². The summed E-state index contributed by atoms with van der Waals surface area (Å²) in [6, 6.07) is 6.51.